The molecule has 3 aromatic rings. The van der Waals surface area contributed by atoms with E-state index in [9.17, 15) is 25.0 Å². The molecule has 0 aliphatic rings. The smallest absolute Gasteiger partial charge is 0.271 e. The summed E-state index contributed by atoms with van der Waals surface area (Å²) in [7, 11) is 0. The number of ether oxygens (including phenoxy) is 1. The van der Waals surface area contributed by atoms with E-state index in [1.165, 1.54) is 30.3 Å². The molecule has 9 heteroatoms. The number of non-ortho nitro benzene ring substituents is 1. The molecular weight excluding hydrogens is 436 g/mol. The van der Waals surface area contributed by atoms with Gasteiger partial charge in [0.2, 0.25) is 0 Å². The van der Waals surface area contributed by atoms with Gasteiger partial charge in [0.25, 0.3) is 17.5 Å². The zero-order valence-electron chi connectivity index (χ0n) is 18.1. The quantitative estimate of drug-likeness (QED) is 0.222. The third-order valence-electron chi connectivity index (χ3n) is 4.58. The van der Waals surface area contributed by atoms with Crippen LogP contribution in [0.15, 0.2) is 78.4 Å². The van der Waals surface area contributed by atoms with Crippen molar-refractivity contribution < 1.29 is 19.2 Å². The molecule has 0 radical (unpaired) electrons. The van der Waals surface area contributed by atoms with Crippen LogP contribution in [-0.2, 0) is 9.59 Å². The number of hydrogen-bond acceptors (Lipinski definition) is 6. The Balaban J connectivity index is 1.58. The number of nitro groups is 1. The van der Waals surface area contributed by atoms with E-state index in [0.717, 1.165) is 5.56 Å². The van der Waals surface area contributed by atoms with Crippen LogP contribution < -0.4 is 15.4 Å². The Morgan fingerprint density at radius 1 is 1.03 bits per heavy atom. The maximum Gasteiger partial charge on any atom is 0.271 e. The fourth-order valence-corrected chi connectivity index (χ4v) is 2.85. The van der Waals surface area contributed by atoms with Gasteiger partial charge < -0.3 is 15.4 Å². The molecule has 2 amide bonds. The zero-order chi connectivity index (χ0) is 24.5. The summed E-state index contributed by atoms with van der Waals surface area (Å²) in [5.74, 6) is -0.565. The molecule has 0 aliphatic heterocycles. The van der Waals surface area contributed by atoms with Gasteiger partial charge in [0, 0.05) is 23.5 Å². The highest BCUT2D eigenvalue weighted by Gasteiger charge is 2.12. The van der Waals surface area contributed by atoms with E-state index in [-0.39, 0.29) is 29.5 Å². The van der Waals surface area contributed by atoms with Crippen molar-refractivity contribution >= 4 is 35.0 Å². The molecule has 0 heterocycles. The molecule has 0 aliphatic carbocycles. The molecule has 2 N–H and O–H groups in total. The minimum atomic E-state index is -0.698. The van der Waals surface area contributed by atoms with Gasteiger partial charge in [0.1, 0.15) is 17.4 Å². The van der Waals surface area contributed by atoms with Gasteiger partial charge in [0.15, 0.2) is 6.61 Å². The van der Waals surface area contributed by atoms with Gasteiger partial charge in [-0.05, 0) is 48.9 Å². The maximum absolute atomic E-state index is 12.4. The van der Waals surface area contributed by atoms with Crippen LogP contribution in [-0.4, -0.2) is 23.3 Å². The summed E-state index contributed by atoms with van der Waals surface area (Å²) >= 11 is 0. The van der Waals surface area contributed by atoms with Crippen LogP contribution in [0.2, 0.25) is 0 Å². The van der Waals surface area contributed by atoms with Crippen molar-refractivity contribution in [1.82, 2.24) is 0 Å². The number of hydrogen-bond donors (Lipinski definition) is 2. The molecule has 0 unspecified atom stereocenters. The summed E-state index contributed by atoms with van der Waals surface area (Å²) in [5, 5.41) is 25.4. The first kappa shape index (κ1) is 23.7. The van der Waals surface area contributed by atoms with Gasteiger partial charge in [-0.15, -0.1) is 0 Å². The number of aryl methyl sites for hydroxylation is 1. The Hall–Kier alpha value is -4.97. The highest BCUT2D eigenvalue weighted by Crippen LogP contribution is 2.19. The Bertz CT molecular complexity index is 1280. The molecule has 0 saturated heterocycles. The largest absolute Gasteiger partial charge is 0.484 e. The molecule has 9 nitrogen and oxygen atoms in total. The standard InChI is InChI=1S/C25H20N4O5/c1-17-5-9-20(10-6-17)27-24(30)16-34-23-11-7-18(8-12-23)13-19(15-26)25(31)28-21-3-2-4-22(14-21)29(32)33/h2-14H,16H2,1H3,(H,27,30)(H,28,31)/b19-13+. The molecule has 34 heavy (non-hydrogen) atoms. The van der Waals surface area contributed by atoms with E-state index < -0.39 is 10.8 Å². The summed E-state index contributed by atoms with van der Waals surface area (Å²) in [6.07, 6.45) is 1.38. The summed E-state index contributed by atoms with van der Waals surface area (Å²) in [4.78, 5) is 34.7. The predicted octanol–water partition coefficient (Wildman–Crippen LogP) is 4.47. The number of carbonyl (C=O) groups is 2. The van der Waals surface area contributed by atoms with E-state index in [2.05, 4.69) is 10.6 Å². The lowest BCUT2D eigenvalue weighted by Gasteiger charge is -2.08. The van der Waals surface area contributed by atoms with Crippen molar-refractivity contribution in [2.24, 2.45) is 0 Å². The molecule has 0 bridgehead atoms. The molecule has 0 atom stereocenters. The normalized spacial score (nSPS) is 10.6. The van der Waals surface area contributed by atoms with Gasteiger partial charge in [-0.3, -0.25) is 19.7 Å². The van der Waals surface area contributed by atoms with Crippen LogP contribution in [0.4, 0.5) is 17.1 Å². The fourth-order valence-electron chi connectivity index (χ4n) is 2.85. The first-order valence-corrected chi connectivity index (χ1v) is 10.1. The highest BCUT2D eigenvalue weighted by atomic mass is 16.6. The lowest BCUT2D eigenvalue weighted by atomic mass is 10.1. The lowest BCUT2D eigenvalue weighted by molar-refractivity contribution is -0.384. The number of anilines is 2. The number of nitriles is 1. The van der Waals surface area contributed by atoms with Gasteiger partial charge in [-0.2, -0.15) is 5.26 Å². The minimum absolute atomic E-state index is 0.177. The molecule has 0 fully saturated rings. The Morgan fingerprint density at radius 3 is 2.38 bits per heavy atom. The van der Waals surface area contributed by atoms with Crippen molar-refractivity contribution in [2.75, 3.05) is 17.2 Å². The van der Waals surface area contributed by atoms with Crippen LogP contribution in [0.5, 0.6) is 5.75 Å². The van der Waals surface area contributed by atoms with Crippen molar-refractivity contribution in [2.45, 2.75) is 6.92 Å². The molecule has 170 valence electrons. The number of nitrogens with zero attached hydrogens (tertiary/aromatic N) is 2. The Labute approximate surface area is 195 Å². The molecule has 0 saturated carbocycles. The SMILES string of the molecule is Cc1ccc(NC(=O)COc2ccc(/C=C(\C#N)C(=O)Nc3cccc([N+](=O)[O-])c3)cc2)cc1. The first-order valence-electron chi connectivity index (χ1n) is 10.1. The van der Waals surface area contributed by atoms with Crippen molar-refractivity contribution in [3.8, 4) is 11.8 Å². The third kappa shape index (κ3) is 6.77. The summed E-state index contributed by atoms with van der Waals surface area (Å²) in [5.41, 5.74) is 2.16. The summed E-state index contributed by atoms with van der Waals surface area (Å²) in [6.45, 7) is 1.77. The highest BCUT2D eigenvalue weighted by molar-refractivity contribution is 6.09. The maximum atomic E-state index is 12.4. The van der Waals surface area contributed by atoms with E-state index >= 15 is 0 Å². The van der Waals surface area contributed by atoms with E-state index in [1.807, 2.05) is 25.1 Å². The van der Waals surface area contributed by atoms with Crippen molar-refractivity contribution in [3.05, 3.63) is 99.6 Å². The van der Waals surface area contributed by atoms with Crippen molar-refractivity contribution in [1.29, 1.82) is 5.26 Å². The third-order valence-corrected chi connectivity index (χ3v) is 4.58. The van der Waals surface area contributed by atoms with Crippen LogP contribution in [0.3, 0.4) is 0 Å². The molecule has 0 aromatic heterocycles. The fraction of sp³-hybridized carbons (Fsp3) is 0.0800. The number of nitrogens with one attached hydrogen (secondary N) is 2. The van der Waals surface area contributed by atoms with Crippen LogP contribution in [0, 0.1) is 28.4 Å². The van der Waals surface area contributed by atoms with Gasteiger partial charge in [0.05, 0.1) is 4.92 Å². The second-order valence-corrected chi connectivity index (χ2v) is 7.20. The number of rotatable bonds is 8. The van der Waals surface area contributed by atoms with E-state index in [0.29, 0.717) is 17.0 Å². The predicted molar refractivity (Wildman–Crippen MR) is 127 cm³/mol. The second kappa shape index (κ2) is 11.1. The summed E-state index contributed by atoms with van der Waals surface area (Å²) < 4.78 is 5.47. The molecule has 3 aromatic carbocycles. The van der Waals surface area contributed by atoms with E-state index in [1.54, 1.807) is 36.4 Å². The van der Waals surface area contributed by atoms with E-state index in [4.69, 9.17) is 4.74 Å². The molecular formula is C25H20N4O5. The number of benzene rings is 3. The number of amides is 2. The monoisotopic (exact) mass is 456 g/mol. The average Bonchev–Trinajstić information content (AvgIpc) is 2.83. The Morgan fingerprint density at radius 2 is 1.74 bits per heavy atom. The van der Waals surface area contributed by atoms with Crippen LogP contribution in [0.25, 0.3) is 6.08 Å². The Kier molecular flexibility index (Phi) is 7.71. The van der Waals surface area contributed by atoms with Crippen LogP contribution >= 0.6 is 0 Å². The topological polar surface area (TPSA) is 134 Å². The minimum Gasteiger partial charge on any atom is -0.484 e. The molecule has 0 spiro atoms. The average molecular weight is 456 g/mol. The lowest BCUT2D eigenvalue weighted by Crippen LogP contribution is -2.20. The second-order valence-electron chi connectivity index (χ2n) is 7.20. The van der Waals surface area contributed by atoms with Gasteiger partial charge in [-0.1, -0.05) is 35.9 Å². The zero-order valence-corrected chi connectivity index (χ0v) is 18.1. The van der Waals surface area contributed by atoms with Crippen molar-refractivity contribution in [3.63, 3.8) is 0 Å². The molecule has 3 rings (SSSR count). The van der Waals surface area contributed by atoms with Crippen LogP contribution in [0.1, 0.15) is 11.1 Å². The number of carbonyl (C=O) groups excluding carboxylic acids is 2. The first-order chi connectivity index (χ1) is 16.3. The van der Waals surface area contributed by atoms with Gasteiger partial charge in [-0.25, -0.2) is 0 Å². The van der Waals surface area contributed by atoms with Gasteiger partial charge >= 0.3 is 0 Å². The summed E-state index contributed by atoms with van der Waals surface area (Å²) in [6, 6.07) is 21.1. The number of nitro benzene ring substituents is 1.